The molecule has 0 bridgehead atoms. The molecule has 10 nitrogen and oxygen atoms in total. The number of sulfone groups is 1. The van der Waals surface area contributed by atoms with Crippen molar-refractivity contribution in [3.8, 4) is 5.95 Å². The summed E-state index contributed by atoms with van der Waals surface area (Å²) in [6, 6.07) is 0. The first-order valence-electron chi connectivity index (χ1n) is 5.68. The Morgan fingerprint density at radius 1 is 1.25 bits per heavy atom. The molecule has 0 aromatic carbocycles. The summed E-state index contributed by atoms with van der Waals surface area (Å²) in [5.74, 6) is 0.876. The van der Waals surface area contributed by atoms with Crippen molar-refractivity contribution in [3.63, 3.8) is 0 Å². The van der Waals surface area contributed by atoms with Gasteiger partial charge >= 0.3 is 0 Å². The number of anilines is 2. The minimum Gasteiger partial charge on any atom is -0.357 e. The van der Waals surface area contributed by atoms with Gasteiger partial charge in [0.2, 0.25) is 11.9 Å². The van der Waals surface area contributed by atoms with Crippen LogP contribution in [0.3, 0.4) is 0 Å². The normalized spacial score (nSPS) is 11.3. The summed E-state index contributed by atoms with van der Waals surface area (Å²) < 4.78 is 23.5. The second-order valence-corrected chi connectivity index (χ2v) is 6.19. The summed E-state index contributed by atoms with van der Waals surface area (Å²) in [5, 5.41) is 9.55. The maximum atomic E-state index is 11.1. The van der Waals surface area contributed by atoms with Crippen LogP contribution in [0.1, 0.15) is 0 Å². The second-order valence-electron chi connectivity index (χ2n) is 3.93. The van der Waals surface area contributed by atoms with Gasteiger partial charge in [0.05, 0.1) is 5.75 Å². The maximum absolute atomic E-state index is 11.1. The Balaban J connectivity index is 2.18. The lowest BCUT2D eigenvalue weighted by Crippen LogP contribution is -2.17. The third kappa shape index (κ3) is 3.85. The van der Waals surface area contributed by atoms with Crippen molar-refractivity contribution in [1.82, 2.24) is 29.7 Å². The summed E-state index contributed by atoms with van der Waals surface area (Å²) in [4.78, 5) is 16.1. The highest BCUT2D eigenvalue weighted by molar-refractivity contribution is 7.90. The quantitative estimate of drug-likeness (QED) is 0.686. The average molecular weight is 298 g/mol. The fraction of sp³-hybridized carbons (Fsp3) is 0.444. The van der Waals surface area contributed by atoms with Crippen LogP contribution in [-0.4, -0.2) is 63.7 Å². The molecule has 11 heteroatoms. The van der Waals surface area contributed by atoms with Crippen LogP contribution in [0.4, 0.5) is 11.9 Å². The highest BCUT2D eigenvalue weighted by Gasteiger charge is 2.08. The van der Waals surface area contributed by atoms with E-state index in [1.54, 1.807) is 7.05 Å². The second kappa shape index (κ2) is 5.77. The molecule has 0 aliphatic heterocycles. The molecular weight excluding hydrogens is 284 g/mol. The van der Waals surface area contributed by atoms with Crippen molar-refractivity contribution in [3.05, 3.63) is 12.7 Å². The molecule has 0 atom stereocenters. The van der Waals surface area contributed by atoms with Crippen molar-refractivity contribution in [2.24, 2.45) is 0 Å². The van der Waals surface area contributed by atoms with Crippen LogP contribution in [0.15, 0.2) is 12.7 Å². The molecule has 20 heavy (non-hydrogen) atoms. The van der Waals surface area contributed by atoms with Gasteiger partial charge in [0.25, 0.3) is 5.95 Å². The van der Waals surface area contributed by atoms with Gasteiger partial charge in [-0.15, -0.1) is 0 Å². The van der Waals surface area contributed by atoms with Crippen LogP contribution in [0.2, 0.25) is 0 Å². The molecule has 0 spiro atoms. The first-order valence-corrected chi connectivity index (χ1v) is 7.74. The Morgan fingerprint density at radius 3 is 2.60 bits per heavy atom. The number of hydrogen-bond acceptors (Lipinski definition) is 9. The Bertz CT molecular complexity index is 669. The van der Waals surface area contributed by atoms with Crippen molar-refractivity contribution in [2.45, 2.75) is 0 Å². The van der Waals surface area contributed by atoms with Gasteiger partial charge in [-0.05, 0) is 0 Å². The lowest BCUT2D eigenvalue weighted by molar-refractivity contribution is 0.602. The van der Waals surface area contributed by atoms with Gasteiger partial charge in [0.15, 0.2) is 0 Å². The molecule has 2 aromatic heterocycles. The molecule has 0 unspecified atom stereocenters. The van der Waals surface area contributed by atoms with E-state index in [1.807, 2.05) is 0 Å². The average Bonchev–Trinajstić information content (AvgIpc) is 2.90. The van der Waals surface area contributed by atoms with Crippen LogP contribution in [0, 0.1) is 0 Å². The highest BCUT2D eigenvalue weighted by Crippen LogP contribution is 2.07. The summed E-state index contributed by atoms with van der Waals surface area (Å²) in [6.45, 7) is 0.211. The summed E-state index contributed by atoms with van der Waals surface area (Å²) in [6.07, 6.45) is 3.98. The van der Waals surface area contributed by atoms with E-state index in [9.17, 15) is 8.42 Å². The van der Waals surface area contributed by atoms with Crippen LogP contribution in [-0.2, 0) is 9.84 Å². The molecule has 0 aliphatic carbocycles. The minimum atomic E-state index is -3.04. The Labute approximate surface area is 115 Å². The third-order valence-electron chi connectivity index (χ3n) is 2.23. The lowest BCUT2D eigenvalue weighted by Gasteiger charge is -2.07. The van der Waals surface area contributed by atoms with Gasteiger partial charge < -0.3 is 10.6 Å². The first-order chi connectivity index (χ1) is 9.48. The fourth-order valence-corrected chi connectivity index (χ4v) is 1.79. The maximum Gasteiger partial charge on any atom is 0.258 e. The molecular formula is C9H14N8O2S. The molecule has 108 valence electrons. The molecule has 0 radical (unpaired) electrons. The zero-order valence-electron chi connectivity index (χ0n) is 11.0. The Morgan fingerprint density at radius 2 is 2.00 bits per heavy atom. The molecule has 0 aliphatic rings. The molecule has 0 fully saturated rings. The molecule has 2 N–H and O–H groups in total. The zero-order chi connectivity index (χ0) is 14.6. The number of rotatable bonds is 6. The topological polar surface area (TPSA) is 128 Å². The van der Waals surface area contributed by atoms with Gasteiger partial charge in [0, 0.05) is 19.8 Å². The summed E-state index contributed by atoms with van der Waals surface area (Å²) >= 11 is 0. The zero-order valence-corrected chi connectivity index (χ0v) is 11.8. The molecule has 0 amide bonds. The van der Waals surface area contributed by atoms with Gasteiger partial charge in [0.1, 0.15) is 22.5 Å². The van der Waals surface area contributed by atoms with Gasteiger partial charge in [-0.25, -0.2) is 13.4 Å². The van der Waals surface area contributed by atoms with E-state index in [0.717, 1.165) is 0 Å². The SMILES string of the molecule is CNc1nc(NCCS(C)(=O)=O)nc(-n2cncn2)n1. The fourth-order valence-electron chi connectivity index (χ4n) is 1.32. The molecule has 2 heterocycles. The summed E-state index contributed by atoms with van der Waals surface area (Å²) in [5.41, 5.74) is 0. The van der Waals surface area contributed by atoms with E-state index < -0.39 is 9.84 Å². The smallest absolute Gasteiger partial charge is 0.258 e. The van der Waals surface area contributed by atoms with Crippen molar-refractivity contribution in [2.75, 3.05) is 36.2 Å². The molecule has 2 rings (SSSR count). The first kappa shape index (κ1) is 14.1. The predicted molar refractivity (Wildman–Crippen MR) is 72.5 cm³/mol. The number of aromatic nitrogens is 6. The van der Waals surface area contributed by atoms with Crippen LogP contribution < -0.4 is 10.6 Å². The van der Waals surface area contributed by atoms with E-state index in [1.165, 1.54) is 23.6 Å². The van der Waals surface area contributed by atoms with Gasteiger partial charge in [-0.3, -0.25) is 0 Å². The van der Waals surface area contributed by atoms with Crippen molar-refractivity contribution >= 4 is 21.7 Å². The van der Waals surface area contributed by atoms with E-state index in [2.05, 4.69) is 35.7 Å². The largest absolute Gasteiger partial charge is 0.357 e. The third-order valence-corrected chi connectivity index (χ3v) is 3.17. The molecule has 0 saturated heterocycles. The van der Waals surface area contributed by atoms with Crippen LogP contribution in [0.5, 0.6) is 0 Å². The highest BCUT2D eigenvalue weighted by atomic mass is 32.2. The Kier molecular flexibility index (Phi) is 4.08. The number of nitrogens with zero attached hydrogens (tertiary/aromatic N) is 6. The monoisotopic (exact) mass is 298 g/mol. The molecule has 2 aromatic rings. The lowest BCUT2D eigenvalue weighted by atomic mass is 10.7. The van der Waals surface area contributed by atoms with E-state index in [-0.39, 0.29) is 24.2 Å². The van der Waals surface area contributed by atoms with Gasteiger partial charge in [-0.1, -0.05) is 0 Å². The van der Waals surface area contributed by atoms with Crippen LogP contribution in [0.25, 0.3) is 5.95 Å². The predicted octanol–water partition coefficient (Wildman–Crippen LogP) is -1.05. The standard InChI is InChI=1S/C9H14N8O2S/c1-10-7-14-8(12-3-4-20(2,18)19)16-9(15-7)17-6-11-5-13-17/h5-6H,3-4H2,1-2H3,(H2,10,12,14,15,16). The van der Waals surface area contributed by atoms with Crippen molar-refractivity contribution in [1.29, 1.82) is 0 Å². The molecule has 0 saturated carbocycles. The number of hydrogen-bond donors (Lipinski definition) is 2. The number of nitrogens with one attached hydrogen (secondary N) is 2. The summed E-state index contributed by atoms with van der Waals surface area (Å²) in [7, 11) is -1.37. The van der Waals surface area contributed by atoms with E-state index >= 15 is 0 Å². The van der Waals surface area contributed by atoms with Crippen LogP contribution >= 0.6 is 0 Å². The minimum absolute atomic E-state index is 0.00771. The van der Waals surface area contributed by atoms with E-state index in [0.29, 0.717) is 5.95 Å². The van der Waals surface area contributed by atoms with E-state index in [4.69, 9.17) is 0 Å². The van der Waals surface area contributed by atoms with Gasteiger partial charge in [-0.2, -0.15) is 24.7 Å². The Hall–Kier alpha value is -2.30. The van der Waals surface area contributed by atoms with Crippen molar-refractivity contribution < 1.29 is 8.42 Å².